The molecule has 0 radical (unpaired) electrons. The zero-order valence-corrected chi connectivity index (χ0v) is 15.4. The second kappa shape index (κ2) is 8.70. The SMILES string of the molecule is C=CCN(NC(=O)c1ccc(=O)n(Cc2cccc(C(F)(F)F)c2)c1)C(N)=S. The highest BCUT2D eigenvalue weighted by Crippen LogP contribution is 2.29. The summed E-state index contributed by atoms with van der Waals surface area (Å²) in [6.45, 7) is 3.57. The first-order valence-electron chi connectivity index (χ1n) is 7.97. The van der Waals surface area contributed by atoms with E-state index in [0.29, 0.717) is 0 Å². The molecule has 0 fully saturated rings. The number of carbonyl (C=O) groups is 1. The second-order valence-electron chi connectivity index (χ2n) is 5.76. The molecule has 28 heavy (non-hydrogen) atoms. The lowest BCUT2D eigenvalue weighted by Gasteiger charge is -2.21. The summed E-state index contributed by atoms with van der Waals surface area (Å²) in [5.74, 6) is -0.590. The molecular formula is C18H17F3N4O2S. The van der Waals surface area contributed by atoms with Crippen molar-refractivity contribution in [3.05, 3.63) is 82.3 Å². The minimum atomic E-state index is -4.49. The zero-order valence-electron chi connectivity index (χ0n) is 14.6. The van der Waals surface area contributed by atoms with E-state index in [2.05, 4.69) is 12.0 Å². The molecule has 10 heteroatoms. The first kappa shape index (κ1) is 21.2. The number of rotatable bonds is 5. The lowest BCUT2D eigenvalue weighted by atomic mass is 10.1. The molecule has 0 aliphatic heterocycles. The van der Waals surface area contributed by atoms with Gasteiger partial charge in [0.05, 0.1) is 24.2 Å². The minimum absolute atomic E-state index is 0.0782. The van der Waals surface area contributed by atoms with Crippen molar-refractivity contribution in [1.29, 1.82) is 0 Å². The number of hydrogen-bond acceptors (Lipinski definition) is 3. The Bertz CT molecular complexity index is 956. The topological polar surface area (TPSA) is 80.4 Å². The quantitative estimate of drug-likeness (QED) is 0.449. The first-order valence-corrected chi connectivity index (χ1v) is 8.38. The second-order valence-corrected chi connectivity index (χ2v) is 6.18. The molecule has 148 valence electrons. The molecular weight excluding hydrogens is 393 g/mol. The highest BCUT2D eigenvalue weighted by atomic mass is 32.1. The largest absolute Gasteiger partial charge is 0.416 e. The Morgan fingerprint density at radius 3 is 2.64 bits per heavy atom. The van der Waals surface area contributed by atoms with Gasteiger partial charge in [-0.1, -0.05) is 18.2 Å². The summed E-state index contributed by atoms with van der Waals surface area (Å²) >= 11 is 4.82. The molecule has 1 heterocycles. The van der Waals surface area contributed by atoms with Gasteiger partial charge in [-0.3, -0.25) is 20.0 Å². The molecule has 1 aromatic carbocycles. The maximum atomic E-state index is 12.9. The number of benzene rings is 1. The van der Waals surface area contributed by atoms with Gasteiger partial charge in [0.15, 0.2) is 5.11 Å². The van der Waals surface area contributed by atoms with E-state index in [1.165, 1.54) is 35.5 Å². The Morgan fingerprint density at radius 1 is 1.32 bits per heavy atom. The summed E-state index contributed by atoms with van der Waals surface area (Å²) in [6.07, 6.45) is -1.75. The molecule has 1 amide bonds. The number of hydrazine groups is 1. The van der Waals surface area contributed by atoms with Gasteiger partial charge in [-0.15, -0.1) is 6.58 Å². The van der Waals surface area contributed by atoms with E-state index >= 15 is 0 Å². The molecule has 0 atom stereocenters. The van der Waals surface area contributed by atoms with Crippen LogP contribution in [0.25, 0.3) is 0 Å². The molecule has 1 aromatic heterocycles. The molecule has 6 nitrogen and oxygen atoms in total. The number of alkyl halides is 3. The van der Waals surface area contributed by atoms with Crippen LogP contribution in [0.3, 0.4) is 0 Å². The summed E-state index contributed by atoms with van der Waals surface area (Å²) in [6, 6.07) is 7.08. The Kier molecular flexibility index (Phi) is 6.57. The van der Waals surface area contributed by atoms with Crippen molar-refractivity contribution in [2.24, 2.45) is 5.73 Å². The standard InChI is InChI=1S/C18H17F3N4O2S/c1-2-8-25(17(22)28)23-16(27)13-6-7-15(26)24(11-13)10-12-4-3-5-14(9-12)18(19,20)21/h2-7,9,11H,1,8,10H2,(H2,22,28)(H,23,27). The average Bonchev–Trinajstić information content (AvgIpc) is 2.62. The summed E-state index contributed by atoms with van der Waals surface area (Å²) in [5, 5.41) is 1.11. The van der Waals surface area contributed by atoms with E-state index in [-0.39, 0.29) is 29.3 Å². The Morgan fingerprint density at radius 2 is 2.04 bits per heavy atom. The zero-order chi connectivity index (χ0) is 20.9. The number of nitrogens with one attached hydrogen (secondary N) is 1. The van der Waals surface area contributed by atoms with Crippen molar-refractivity contribution < 1.29 is 18.0 Å². The summed E-state index contributed by atoms with van der Waals surface area (Å²) < 4.78 is 39.7. The number of nitrogens with two attached hydrogens (primary N) is 1. The van der Waals surface area contributed by atoms with Crippen molar-refractivity contribution >= 4 is 23.2 Å². The van der Waals surface area contributed by atoms with Crippen molar-refractivity contribution in [3.63, 3.8) is 0 Å². The van der Waals surface area contributed by atoms with Gasteiger partial charge in [0, 0.05) is 12.3 Å². The Balaban J connectivity index is 2.26. The average molecular weight is 410 g/mol. The molecule has 0 saturated heterocycles. The van der Waals surface area contributed by atoms with Crippen LogP contribution in [-0.4, -0.2) is 27.1 Å². The third-order valence-electron chi connectivity index (χ3n) is 3.67. The summed E-state index contributed by atoms with van der Waals surface area (Å²) in [7, 11) is 0. The predicted octanol–water partition coefficient (Wildman–Crippen LogP) is 2.29. The Labute approximate surface area is 164 Å². The minimum Gasteiger partial charge on any atom is -0.375 e. The van der Waals surface area contributed by atoms with E-state index in [1.807, 2.05) is 0 Å². The number of halogens is 3. The fraction of sp³-hybridized carbons (Fsp3) is 0.167. The number of amides is 1. The number of thiocarbonyl (C=S) groups is 1. The van der Waals surface area contributed by atoms with Crippen LogP contribution < -0.4 is 16.7 Å². The van der Waals surface area contributed by atoms with Crippen LogP contribution in [-0.2, 0) is 12.7 Å². The smallest absolute Gasteiger partial charge is 0.375 e. The van der Waals surface area contributed by atoms with Gasteiger partial charge in [0.25, 0.3) is 11.5 Å². The molecule has 3 N–H and O–H groups in total. The molecule has 0 aliphatic rings. The maximum absolute atomic E-state index is 12.9. The lowest BCUT2D eigenvalue weighted by molar-refractivity contribution is -0.137. The van der Waals surface area contributed by atoms with Gasteiger partial charge in [0.2, 0.25) is 0 Å². The normalized spacial score (nSPS) is 11.0. The van der Waals surface area contributed by atoms with Crippen molar-refractivity contribution in [2.75, 3.05) is 6.54 Å². The van der Waals surface area contributed by atoms with E-state index in [0.717, 1.165) is 22.8 Å². The third-order valence-corrected chi connectivity index (χ3v) is 3.89. The molecule has 2 aromatic rings. The summed E-state index contributed by atoms with van der Waals surface area (Å²) in [5.41, 5.74) is 7.06. The van der Waals surface area contributed by atoms with Crippen LogP contribution in [0.5, 0.6) is 0 Å². The number of carbonyl (C=O) groups excluding carboxylic acids is 1. The van der Waals surface area contributed by atoms with Crippen molar-refractivity contribution in [2.45, 2.75) is 12.7 Å². The van der Waals surface area contributed by atoms with Crippen molar-refractivity contribution in [3.8, 4) is 0 Å². The molecule has 0 saturated carbocycles. The number of aromatic nitrogens is 1. The molecule has 0 bridgehead atoms. The highest BCUT2D eigenvalue weighted by molar-refractivity contribution is 7.80. The number of nitrogens with zero attached hydrogens (tertiary/aromatic N) is 2. The van der Waals surface area contributed by atoms with E-state index in [4.69, 9.17) is 18.0 Å². The maximum Gasteiger partial charge on any atom is 0.416 e. The van der Waals surface area contributed by atoms with Gasteiger partial charge >= 0.3 is 6.18 Å². The molecule has 2 rings (SSSR count). The monoisotopic (exact) mass is 410 g/mol. The van der Waals surface area contributed by atoms with E-state index in [9.17, 15) is 22.8 Å². The van der Waals surface area contributed by atoms with Crippen LogP contribution in [0, 0.1) is 0 Å². The molecule has 0 aliphatic carbocycles. The van der Waals surface area contributed by atoms with E-state index in [1.54, 1.807) is 0 Å². The van der Waals surface area contributed by atoms with Gasteiger partial charge in [-0.05, 0) is 36.0 Å². The molecule has 0 unspecified atom stereocenters. The fourth-order valence-electron chi connectivity index (χ4n) is 2.34. The van der Waals surface area contributed by atoms with E-state index < -0.39 is 23.2 Å². The van der Waals surface area contributed by atoms with Crippen LogP contribution >= 0.6 is 12.2 Å². The van der Waals surface area contributed by atoms with Crippen LogP contribution in [0.4, 0.5) is 13.2 Å². The molecule has 0 spiro atoms. The Hall–Kier alpha value is -3.14. The van der Waals surface area contributed by atoms with Gasteiger partial charge in [0.1, 0.15) is 0 Å². The lowest BCUT2D eigenvalue weighted by Crippen LogP contribution is -2.48. The first-order chi connectivity index (χ1) is 13.1. The fourth-order valence-corrected chi connectivity index (χ4v) is 2.46. The summed E-state index contributed by atoms with van der Waals surface area (Å²) in [4.78, 5) is 24.4. The van der Waals surface area contributed by atoms with Gasteiger partial charge in [-0.2, -0.15) is 13.2 Å². The van der Waals surface area contributed by atoms with Gasteiger partial charge in [-0.25, -0.2) is 0 Å². The van der Waals surface area contributed by atoms with Crippen LogP contribution in [0.1, 0.15) is 21.5 Å². The number of hydrogen-bond donors (Lipinski definition) is 2. The van der Waals surface area contributed by atoms with Crippen LogP contribution in [0.15, 0.2) is 60.0 Å². The highest BCUT2D eigenvalue weighted by Gasteiger charge is 2.30. The third kappa shape index (κ3) is 5.43. The number of pyridine rings is 1. The van der Waals surface area contributed by atoms with Crippen LogP contribution in [0.2, 0.25) is 0 Å². The van der Waals surface area contributed by atoms with Crippen molar-refractivity contribution in [1.82, 2.24) is 15.0 Å². The predicted molar refractivity (Wildman–Crippen MR) is 102 cm³/mol. The van der Waals surface area contributed by atoms with Gasteiger partial charge < -0.3 is 10.3 Å².